The standard InChI is InChI=1S/C23H45NS4/c25-22(26)20-18-16-14-12-10-8-6-4-2-1-3-5-7-9-11-13-15-17-19-21-24-23(27)28/h1-21H2,(H,25,26)(H2,24,27,28). The Balaban J connectivity index is 3.01. The lowest BCUT2D eigenvalue weighted by atomic mass is 10.0. The largest absolute Gasteiger partial charge is 0.371 e. The highest BCUT2D eigenvalue weighted by Gasteiger charge is 1.96. The molecule has 0 radical (unpaired) electrons. The van der Waals surface area contributed by atoms with E-state index in [2.05, 4.69) is 30.6 Å². The maximum Gasteiger partial charge on any atom is 0.130 e. The van der Waals surface area contributed by atoms with Gasteiger partial charge in [-0.05, 0) is 19.3 Å². The molecule has 0 rings (SSSR count). The summed E-state index contributed by atoms with van der Waals surface area (Å²) in [5, 5.41) is 3.10. The third kappa shape index (κ3) is 26.7. The predicted octanol–water partition coefficient (Wildman–Crippen LogP) is 8.85. The Kier molecular flexibility index (Phi) is 24.5. The summed E-state index contributed by atoms with van der Waals surface area (Å²) in [6.07, 6.45) is 27.4. The zero-order valence-electron chi connectivity index (χ0n) is 18.1. The molecule has 0 aliphatic carbocycles. The number of hydrogen-bond acceptors (Lipinski definition) is 2. The molecular formula is C23H45NS4. The molecule has 0 atom stereocenters. The fourth-order valence-electron chi connectivity index (χ4n) is 3.60. The Bertz CT molecular complexity index is 327. The van der Waals surface area contributed by atoms with Crippen LogP contribution in [0.2, 0.25) is 0 Å². The molecule has 0 bridgehead atoms. The number of thiocarbonyl (C=S) groups is 2. The molecule has 0 aromatic carbocycles. The molecule has 0 saturated carbocycles. The minimum Gasteiger partial charge on any atom is -0.371 e. The molecule has 0 fully saturated rings. The first-order valence-corrected chi connectivity index (χ1v) is 13.5. The van der Waals surface area contributed by atoms with E-state index >= 15 is 0 Å². The maximum absolute atomic E-state index is 4.99. The molecule has 0 spiro atoms. The van der Waals surface area contributed by atoms with Crippen LogP contribution in [-0.2, 0) is 0 Å². The Morgan fingerprint density at radius 3 is 1.04 bits per heavy atom. The molecule has 28 heavy (non-hydrogen) atoms. The highest BCUT2D eigenvalue weighted by Crippen LogP contribution is 2.15. The fraction of sp³-hybridized carbons (Fsp3) is 0.913. The molecular weight excluding hydrogens is 419 g/mol. The van der Waals surface area contributed by atoms with Crippen molar-refractivity contribution in [2.45, 2.75) is 128 Å². The highest BCUT2D eigenvalue weighted by atomic mass is 32.1. The van der Waals surface area contributed by atoms with Crippen molar-refractivity contribution in [1.82, 2.24) is 5.32 Å². The van der Waals surface area contributed by atoms with Gasteiger partial charge in [0.25, 0.3) is 0 Å². The first-order chi connectivity index (χ1) is 13.6. The van der Waals surface area contributed by atoms with Crippen LogP contribution >= 0.6 is 49.7 Å². The van der Waals surface area contributed by atoms with E-state index in [0.717, 1.165) is 17.2 Å². The summed E-state index contributed by atoms with van der Waals surface area (Å²) in [4.78, 5) is 0. The van der Waals surface area contributed by atoms with Crippen LogP contribution in [0.1, 0.15) is 128 Å². The minimum atomic E-state index is 0.622. The summed E-state index contributed by atoms with van der Waals surface area (Å²) in [6, 6.07) is 0. The molecule has 0 aromatic rings. The van der Waals surface area contributed by atoms with Gasteiger partial charge in [0.15, 0.2) is 0 Å². The van der Waals surface area contributed by atoms with Gasteiger partial charge in [0.1, 0.15) is 4.32 Å². The summed E-state index contributed by atoms with van der Waals surface area (Å²) in [7, 11) is 0. The van der Waals surface area contributed by atoms with Gasteiger partial charge in [-0.1, -0.05) is 134 Å². The normalized spacial score (nSPS) is 10.9. The van der Waals surface area contributed by atoms with Gasteiger partial charge in [0.05, 0.1) is 0 Å². The third-order valence-electron chi connectivity index (χ3n) is 5.34. The Morgan fingerprint density at radius 2 is 0.750 bits per heavy atom. The monoisotopic (exact) mass is 463 g/mol. The van der Waals surface area contributed by atoms with Crippen molar-refractivity contribution in [2.24, 2.45) is 0 Å². The zero-order valence-corrected chi connectivity index (χ0v) is 21.5. The molecule has 5 heteroatoms. The van der Waals surface area contributed by atoms with Crippen LogP contribution in [0.5, 0.6) is 0 Å². The van der Waals surface area contributed by atoms with Crippen LogP contribution in [0.15, 0.2) is 0 Å². The summed E-state index contributed by atoms with van der Waals surface area (Å²) >= 11 is 18.1. The number of hydrogen-bond donors (Lipinski definition) is 3. The Labute approximate surface area is 197 Å². The fourth-order valence-corrected chi connectivity index (χ4v) is 4.12. The van der Waals surface area contributed by atoms with Gasteiger partial charge in [-0.3, -0.25) is 0 Å². The molecule has 0 unspecified atom stereocenters. The number of rotatable bonds is 22. The van der Waals surface area contributed by atoms with Crippen LogP contribution < -0.4 is 5.32 Å². The number of nitrogens with one attached hydrogen (secondary N) is 1. The van der Waals surface area contributed by atoms with E-state index in [-0.39, 0.29) is 0 Å². The van der Waals surface area contributed by atoms with E-state index in [4.69, 9.17) is 24.4 Å². The van der Waals surface area contributed by atoms with Gasteiger partial charge in [-0.2, -0.15) is 0 Å². The second kappa shape index (κ2) is 24.0. The Hall–Kier alpha value is 0.680. The van der Waals surface area contributed by atoms with Crippen molar-refractivity contribution in [3.8, 4) is 0 Å². The van der Waals surface area contributed by atoms with E-state index in [1.54, 1.807) is 0 Å². The van der Waals surface area contributed by atoms with Gasteiger partial charge < -0.3 is 5.32 Å². The van der Waals surface area contributed by atoms with Gasteiger partial charge in [-0.25, -0.2) is 0 Å². The highest BCUT2D eigenvalue weighted by molar-refractivity contribution is 8.11. The van der Waals surface area contributed by atoms with Crippen LogP contribution in [0, 0.1) is 0 Å². The van der Waals surface area contributed by atoms with Crippen molar-refractivity contribution in [2.75, 3.05) is 6.54 Å². The lowest BCUT2D eigenvalue weighted by molar-refractivity contribution is 0.522. The van der Waals surface area contributed by atoms with Gasteiger partial charge in [-0.15, -0.1) is 25.3 Å². The molecule has 166 valence electrons. The van der Waals surface area contributed by atoms with Crippen LogP contribution in [-0.4, -0.2) is 15.1 Å². The van der Waals surface area contributed by atoms with Crippen molar-refractivity contribution < 1.29 is 0 Å². The smallest absolute Gasteiger partial charge is 0.130 e. The second-order valence-electron chi connectivity index (χ2n) is 8.09. The SMILES string of the molecule is S=C(S)CCCCCCCCCCCCCCCCCCCCCNC(=S)S. The molecule has 0 saturated heterocycles. The summed E-state index contributed by atoms with van der Waals surface area (Å²) in [5.74, 6) is 0. The van der Waals surface area contributed by atoms with Crippen molar-refractivity contribution in [3.63, 3.8) is 0 Å². The average Bonchev–Trinajstić information content (AvgIpc) is 2.65. The molecule has 1 N–H and O–H groups in total. The molecule has 0 heterocycles. The van der Waals surface area contributed by atoms with Crippen molar-refractivity contribution in [1.29, 1.82) is 0 Å². The predicted molar refractivity (Wildman–Crippen MR) is 144 cm³/mol. The lowest BCUT2D eigenvalue weighted by Crippen LogP contribution is -2.17. The molecule has 1 nitrogen and oxygen atoms in total. The molecule has 0 aliphatic heterocycles. The van der Waals surface area contributed by atoms with Crippen LogP contribution in [0.25, 0.3) is 0 Å². The molecule has 0 amide bonds. The quantitative estimate of drug-likeness (QED) is 0.0842. The third-order valence-corrected chi connectivity index (χ3v) is 6.07. The zero-order chi connectivity index (χ0) is 20.7. The number of thiol groups is 2. The first kappa shape index (κ1) is 28.7. The Morgan fingerprint density at radius 1 is 0.464 bits per heavy atom. The minimum absolute atomic E-state index is 0.622. The second-order valence-corrected chi connectivity index (χ2v) is 10.6. The van der Waals surface area contributed by atoms with Crippen molar-refractivity contribution >= 4 is 58.2 Å². The van der Waals surface area contributed by atoms with E-state index in [0.29, 0.717) is 4.32 Å². The summed E-state index contributed by atoms with van der Waals surface area (Å²) < 4.78 is 1.49. The van der Waals surface area contributed by atoms with E-state index in [9.17, 15) is 0 Å². The van der Waals surface area contributed by atoms with Gasteiger partial charge >= 0.3 is 0 Å². The summed E-state index contributed by atoms with van der Waals surface area (Å²) in [5.41, 5.74) is 0. The summed E-state index contributed by atoms with van der Waals surface area (Å²) in [6.45, 7) is 0.981. The molecule has 0 aliphatic rings. The van der Waals surface area contributed by atoms with Crippen molar-refractivity contribution in [3.05, 3.63) is 0 Å². The van der Waals surface area contributed by atoms with Crippen LogP contribution in [0.4, 0.5) is 0 Å². The molecule has 0 aromatic heterocycles. The lowest BCUT2D eigenvalue weighted by Gasteiger charge is -2.04. The van der Waals surface area contributed by atoms with E-state index in [1.165, 1.54) is 122 Å². The van der Waals surface area contributed by atoms with Crippen LogP contribution in [0.3, 0.4) is 0 Å². The van der Waals surface area contributed by atoms with Gasteiger partial charge in [0.2, 0.25) is 0 Å². The van der Waals surface area contributed by atoms with Gasteiger partial charge in [0, 0.05) is 10.7 Å². The first-order valence-electron chi connectivity index (χ1n) is 11.8. The van der Waals surface area contributed by atoms with E-state index in [1.807, 2.05) is 0 Å². The number of unbranched alkanes of at least 4 members (excludes halogenated alkanes) is 18. The topological polar surface area (TPSA) is 12.0 Å². The van der Waals surface area contributed by atoms with E-state index < -0.39 is 0 Å². The average molecular weight is 464 g/mol. The maximum atomic E-state index is 4.99.